The molecule has 1 aromatic heterocycles. The summed E-state index contributed by atoms with van der Waals surface area (Å²) in [7, 11) is 0. The van der Waals surface area contributed by atoms with Gasteiger partial charge in [-0.3, -0.25) is 0 Å². The van der Waals surface area contributed by atoms with Gasteiger partial charge in [0.05, 0.1) is 0 Å². The molecule has 1 heterocycles. The first-order chi connectivity index (χ1) is 7.08. The highest BCUT2D eigenvalue weighted by Gasteiger charge is 2.28. The van der Waals surface area contributed by atoms with Crippen molar-refractivity contribution in [1.82, 2.24) is 9.97 Å². The van der Waals surface area contributed by atoms with Crippen LogP contribution in [0.3, 0.4) is 0 Å². The minimum absolute atomic E-state index is 0.494. The molecule has 1 aliphatic carbocycles. The van der Waals surface area contributed by atoms with E-state index in [9.17, 15) is 0 Å². The largest absolute Gasteiger partial charge is 0.221 e. The Bertz CT molecular complexity index is 350. The monoisotopic (exact) mass is 244 g/mol. The molecule has 1 aromatic rings. The zero-order valence-electron chi connectivity index (χ0n) is 8.93. The lowest BCUT2D eigenvalue weighted by Gasteiger charge is -2.09. The predicted molar refractivity (Wildman–Crippen MR) is 62.6 cm³/mol. The zero-order chi connectivity index (χ0) is 11.0. The molecule has 0 spiro atoms. The third-order valence-corrected chi connectivity index (χ3v) is 3.10. The number of aromatic nitrogens is 2. The Hall–Kier alpha value is -0.340. The Morgan fingerprint density at radius 1 is 1.20 bits per heavy atom. The van der Waals surface area contributed by atoms with Crippen LogP contribution in [0.4, 0.5) is 0 Å². The van der Waals surface area contributed by atoms with Gasteiger partial charge in [-0.1, -0.05) is 37.0 Å². The molecule has 0 amide bonds. The van der Waals surface area contributed by atoms with E-state index in [1.165, 1.54) is 0 Å². The van der Waals surface area contributed by atoms with Crippen LogP contribution in [-0.4, -0.2) is 9.97 Å². The van der Waals surface area contributed by atoms with Gasteiger partial charge in [0.1, 0.15) is 16.1 Å². The van der Waals surface area contributed by atoms with Crippen molar-refractivity contribution in [3.8, 4) is 0 Å². The van der Waals surface area contributed by atoms with Crippen molar-refractivity contribution in [3.63, 3.8) is 0 Å². The Balaban J connectivity index is 2.30. The van der Waals surface area contributed by atoms with E-state index >= 15 is 0 Å². The molecule has 2 rings (SSSR count). The van der Waals surface area contributed by atoms with E-state index in [1.54, 1.807) is 0 Å². The van der Waals surface area contributed by atoms with Crippen molar-refractivity contribution < 1.29 is 0 Å². The van der Waals surface area contributed by atoms with Crippen LogP contribution in [-0.2, 0) is 6.42 Å². The summed E-state index contributed by atoms with van der Waals surface area (Å²) in [5.41, 5.74) is 0.887. The van der Waals surface area contributed by atoms with Gasteiger partial charge in [-0.15, -0.1) is 0 Å². The molecule has 82 valence electrons. The predicted octanol–water partition coefficient (Wildman–Crippen LogP) is 3.86. The molecule has 0 atom stereocenters. The summed E-state index contributed by atoms with van der Waals surface area (Å²) in [6, 6.07) is 0. The lowest BCUT2D eigenvalue weighted by atomic mass is 10.1. The molecule has 4 heteroatoms. The van der Waals surface area contributed by atoms with E-state index in [2.05, 4.69) is 23.8 Å². The smallest absolute Gasteiger partial charge is 0.137 e. The summed E-state index contributed by atoms with van der Waals surface area (Å²) in [5, 5.41) is 1.07. The summed E-state index contributed by atoms with van der Waals surface area (Å²) in [6.07, 6.45) is 3.16. The molecule has 0 unspecified atom stereocenters. The maximum absolute atomic E-state index is 6.12. The summed E-state index contributed by atoms with van der Waals surface area (Å²) < 4.78 is 0. The number of hydrogen-bond donors (Lipinski definition) is 0. The minimum Gasteiger partial charge on any atom is -0.221 e. The van der Waals surface area contributed by atoms with E-state index in [4.69, 9.17) is 23.2 Å². The van der Waals surface area contributed by atoms with Crippen LogP contribution in [0.1, 0.15) is 44.0 Å². The van der Waals surface area contributed by atoms with Crippen LogP contribution < -0.4 is 0 Å². The van der Waals surface area contributed by atoms with Crippen LogP contribution in [0.5, 0.6) is 0 Å². The molecule has 1 saturated carbocycles. The van der Waals surface area contributed by atoms with Crippen molar-refractivity contribution in [2.24, 2.45) is 5.92 Å². The summed E-state index contributed by atoms with van der Waals surface area (Å²) in [5.74, 6) is 1.82. The van der Waals surface area contributed by atoms with Gasteiger partial charge in [0.25, 0.3) is 0 Å². The van der Waals surface area contributed by atoms with Crippen molar-refractivity contribution in [3.05, 3.63) is 21.7 Å². The lowest BCUT2D eigenvalue weighted by molar-refractivity contribution is 0.642. The molecule has 2 nitrogen and oxygen atoms in total. The summed E-state index contributed by atoms with van der Waals surface area (Å²) in [4.78, 5) is 8.64. The molecule has 0 aliphatic heterocycles. The topological polar surface area (TPSA) is 25.8 Å². The van der Waals surface area contributed by atoms with E-state index in [0.717, 1.165) is 30.7 Å². The third kappa shape index (κ3) is 2.61. The van der Waals surface area contributed by atoms with Gasteiger partial charge in [0.2, 0.25) is 0 Å². The first-order valence-corrected chi connectivity index (χ1v) is 6.05. The molecule has 0 N–H and O–H groups in total. The van der Waals surface area contributed by atoms with Gasteiger partial charge < -0.3 is 0 Å². The highest BCUT2D eigenvalue weighted by atomic mass is 35.5. The zero-order valence-corrected chi connectivity index (χ0v) is 10.4. The van der Waals surface area contributed by atoms with Crippen molar-refractivity contribution in [2.45, 2.75) is 39.0 Å². The Morgan fingerprint density at radius 2 is 1.73 bits per heavy atom. The first-order valence-electron chi connectivity index (χ1n) is 5.29. The van der Waals surface area contributed by atoms with Crippen LogP contribution in [0.15, 0.2) is 0 Å². The number of nitrogens with zero attached hydrogens (tertiary/aromatic N) is 2. The fourth-order valence-corrected chi connectivity index (χ4v) is 2.10. The SMILES string of the molecule is CC(C)Cc1c(Cl)nc(C2CC2)nc1Cl. The minimum atomic E-state index is 0.494. The van der Waals surface area contributed by atoms with E-state index in [0.29, 0.717) is 22.1 Å². The van der Waals surface area contributed by atoms with Gasteiger partial charge in [-0.05, 0) is 25.2 Å². The van der Waals surface area contributed by atoms with Crippen molar-refractivity contribution >= 4 is 23.2 Å². The Morgan fingerprint density at radius 3 is 2.13 bits per heavy atom. The highest BCUT2D eigenvalue weighted by molar-refractivity contribution is 6.34. The fraction of sp³-hybridized carbons (Fsp3) is 0.636. The molecular formula is C11H14Cl2N2. The van der Waals surface area contributed by atoms with Crippen LogP contribution in [0.25, 0.3) is 0 Å². The molecule has 1 fully saturated rings. The molecule has 1 aliphatic rings. The number of halogens is 2. The second kappa shape index (κ2) is 4.26. The first kappa shape index (κ1) is 11.2. The van der Waals surface area contributed by atoms with Gasteiger partial charge in [-0.2, -0.15) is 0 Å². The molecule has 0 saturated heterocycles. The van der Waals surface area contributed by atoms with Crippen LogP contribution >= 0.6 is 23.2 Å². The molecule has 0 radical (unpaired) electrons. The van der Waals surface area contributed by atoms with E-state index in [1.807, 2.05) is 0 Å². The van der Waals surface area contributed by atoms with Crippen molar-refractivity contribution in [1.29, 1.82) is 0 Å². The standard InChI is InChI=1S/C11H14Cl2N2/c1-6(2)5-8-9(12)14-11(7-3-4-7)15-10(8)13/h6-7H,3-5H2,1-2H3. The van der Waals surface area contributed by atoms with Crippen LogP contribution in [0, 0.1) is 5.92 Å². The lowest BCUT2D eigenvalue weighted by Crippen LogP contribution is -2.03. The molecule has 0 aromatic carbocycles. The average molecular weight is 245 g/mol. The van der Waals surface area contributed by atoms with Gasteiger partial charge in [0.15, 0.2) is 0 Å². The summed E-state index contributed by atoms with van der Waals surface area (Å²) >= 11 is 12.2. The average Bonchev–Trinajstić information content (AvgIpc) is 2.93. The highest BCUT2D eigenvalue weighted by Crippen LogP contribution is 2.39. The fourth-order valence-electron chi connectivity index (χ4n) is 1.55. The van der Waals surface area contributed by atoms with E-state index < -0.39 is 0 Å². The Labute approximate surface area is 100 Å². The summed E-state index contributed by atoms with van der Waals surface area (Å²) in [6.45, 7) is 4.25. The van der Waals surface area contributed by atoms with Gasteiger partial charge >= 0.3 is 0 Å². The maximum atomic E-state index is 6.12. The second-order valence-corrected chi connectivity index (χ2v) is 5.23. The second-order valence-electron chi connectivity index (χ2n) is 4.51. The maximum Gasteiger partial charge on any atom is 0.137 e. The quantitative estimate of drug-likeness (QED) is 0.755. The van der Waals surface area contributed by atoms with E-state index in [-0.39, 0.29) is 0 Å². The van der Waals surface area contributed by atoms with Crippen molar-refractivity contribution in [2.75, 3.05) is 0 Å². The normalized spacial score (nSPS) is 16.1. The van der Waals surface area contributed by atoms with Crippen LogP contribution in [0.2, 0.25) is 10.3 Å². The third-order valence-electron chi connectivity index (χ3n) is 2.48. The number of hydrogen-bond acceptors (Lipinski definition) is 2. The van der Waals surface area contributed by atoms with Gasteiger partial charge in [-0.25, -0.2) is 9.97 Å². The van der Waals surface area contributed by atoms with Gasteiger partial charge in [0, 0.05) is 11.5 Å². The number of rotatable bonds is 3. The molecule has 0 bridgehead atoms. The molecule has 15 heavy (non-hydrogen) atoms. The molecular weight excluding hydrogens is 231 g/mol. The Kier molecular flexibility index (Phi) is 3.17.